The Bertz CT molecular complexity index is 903. The maximum atomic E-state index is 12.4. The fraction of sp³-hybridized carbons (Fsp3) is 0.250. The summed E-state index contributed by atoms with van der Waals surface area (Å²) in [6.07, 6.45) is 0.471. The van der Waals surface area contributed by atoms with Gasteiger partial charge in [-0.15, -0.1) is 0 Å². The highest BCUT2D eigenvalue weighted by Gasteiger charge is 2.14. The van der Waals surface area contributed by atoms with Crippen molar-refractivity contribution in [2.75, 3.05) is 20.8 Å². The Balaban J connectivity index is 1.80. The first-order chi connectivity index (χ1) is 12.2. The van der Waals surface area contributed by atoms with Crippen molar-refractivity contribution >= 4 is 10.9 Å². The van der Waals surface area contributed by atoms with Gasteiger partial charge in [-0.1, -0.05) is 30.3 Å². The Kier molecular flexibility index (Phi) is 5.36. The standard InChI is InChI=1S/C20H21NO4/c1-23-15-8-9-18-17(12-15)19(24-2)16(20(22)21-18)10-11-25-13-14-6-4-3-5-7-14/h3-9,12H,10-11,13H2,1-2H3,(H,21,22). The van der Waals surface area contributed by atoms with Gasteiger partial charge in [0.1, 0.15) is 11.5 Å². The molecule has 2 aromatic carbocycles. The molecule has 0 aliphatic rings. The van der Waals surface area contributed by atoms with E-state index < -0.39 is 0 Å². The molecule has 0 atom stereocenters. The predicted octanol–water partition coefficient (Wildman–Crippen LogP) is 3.30. The lowest BCUT2D eigenvalue weighted by atomic mass is 10.1. The number of hydrogen-bond acceptors (Lipinski definition) is 4. The van der Waals surface area contributed by atoms with Gasteiger partial charge in [0.05, 0.1) is 38.5 Å². The summed E-state index contributed by atoms with van der Waals surface area (Å²) in [4.78, 5) is 15.3. The van der Waals surface area contributed by atoms with Crippen LogP contribution < -0.4 is 15.0 Å². The summed E-state index contributed by atoms with van der Waals surface area (Å²) in [5.74, 6) is 1.28. The Morgan fingerprint density at radius 1 is 1.00 bits per heavy atom. The molecule has 0 radical (unpaired) electrons. The minimum absolute atomic E-state index is 0.155. The molecule has 0 unspecified atom stereocenters. The van der Waals surface area contributed by atoms with Crippen LogP contribution in [-0.4, -0.2) is 25.8 Å². The highest BCUT2D eigenvalue weighted by molar-refractivity contribution is 5.87. The van der Waals surface area contributed by atoms with Gasteiger partial charge in [0.15, 0.2) is 0 Å². The van der Waals surface area contributed by atoms with Gasteiger partial charge in [-0.2, -0.15) is 0 Å². The van der Waals surface area contributed by atoms with Gasteiger partial charge < -0.3 is 19.2 Å². The lowest BCUT2D eigenvalue weighted by Crippen LogP contribution is -2.16. The molecule has 0 amide bonds. The second kappa shape index (κ2) is 7.85. The maximum Gasteiger partial charge on any atom is 0.255 e. The van der Waals surface area contributed by atoms with Crippen LogP contribution in [0.3, 0.4) is 0 Å². The Morgan fingerprint density at radius 2 is 1.80 bits per heavy atom. The van der Waals surface area contributed by atoms with Crippen LogP contribution in [0.4, 0.5) is 0 Å². The molecule has 5 nitrogen and oxygen atoms in total. The minimum atomic E-state index is -0.155. The minimum Gasteiger partial charge on any atom is -0.497 e. The fourth-order valence-corrected chi connectivity index (χ4v) is 2.81. The fourth-order valence-electron chi connectivity index (χ4n) is 2.81. The third-order valence-corrected chi connectivity index (χ3v) is 4.08. The normalized spacial score (nSPS) is 10.8. The lowest BCUT2D eigenvalue weighted by Gasteiger charge is -2.12. The van der Waals surface area contributed by atoms with Crippen LogP contribution in [0, 0.1) is 0 Å². The van der Waals surface area contributed by atoms with Crippen LogP contribution >= 0.6 is 0 Å². The number of aromatic nitrogens is 1. The summed E-state index contributed by atoms with van der Waals surface area (Å²) in [7, 11) is 3.18. The van der Waals surface area contributed by atoms with E-state index in [4.69, 9.17) is 14.2 Å². The number of aromatic amines is 1. The molecule has 25 heavy (non-hydrogen) atoms. The van der Waals surface area contributed by atoms with E-state index in [-0.39, 0.29) is 5.56 Å². The second-order valence-electron chi connectivity index (χ2n) is 5.67. The smallest absolute Gasteiger partial charge is 0.255 e. The third kappa shape index (κ3) is 3.83. The average molecular weight is 339 g/mol. The molecule has 0 aliphatic heterocycles. The predicted molar refractivity (Wildman–Crippen MR) is 97.5 cm³/mol. The van der Waals surface area contributed by atoms with Gasteiger partial charge in [0.25, 0.3) is 5.56 Å². The van der Waals surface area contributed by atoms with E-state index in [0.717, 1.165) is 16.5 Å². The molecular weight excluding hydrogens is 318 g/mol. The van der Waals surface area contributed by atoms with Crippen molar-refractivity contribution in [2.45, 2.75) is 13.0 Å². The number of fused-ring (bicyclic) bond motifs is 1. The first kappa shape index (κ1) is 17.0. The maximum absolute atomic E-state index is 12.4. The summed E-state index contributed by atoms with van der Waals surface area (Å²) in [5.41, 5.74) is 2.25. The van der Waals surface area contributed by atoms with Crippen molar-refractivity contribution in [1.29, 1.82) is 0 Å². The largest absolute Gasteiger partial charge is 0.497 e. The Hall–Kier alpha value is -2.79. The number of ether oxygens (including phenoxy) is 3. The third-order valence-electron chi connectivity index (χ3n) is 4.08. The highest BCUT2D eigenvalue weighted by atomic mass is 16.5. The number of hydrogen-bond donors (Lipinski definition) is 1. The number of rotatable bonds is 7. The van der Waals surface area contributed by atoms with E-state index in [1.807, 2.05) is 42.5 Å². The SMILES string of the molecule is COc1ccc2[nH]c(=O)c(CCOCc3ccccc3)c(OC)c2c1. The molecule has 1 aromatic heterocycles. The Morgan fingerprint density at radius 3 is 2.52 bits per heavy atom. The van der Waals surface area contributed by atoms with E-state index in [2.05, 4.69) is 4.98 Å². The molecule has 5 heteroatoms. The summed E-state index contributed by atoms with van der Waals surface area (Å²) in [6, 6.07) is 15.4. The molecule has 0 saturated heterocycles. The Labute approximate surface area is 146 Å². The first-order valence-corrected chi connectivity index (χ1v) is 8.11. The number of methoxy groups -OCH3 is 2. The van der Waals surface area contributed by atoms with Crippen LogP contribution in [0.2, 0.25) is 0 Å². The van der Waals surface area contributed by atoms with Gasteiger partial charge in [0.2, 0.25) is 0 Å². The van der Waals surface area contributed by atoms with Gasteiger partial charge in [-0.25, -0.2) is 0 Å². The van der Waals surface area contributed by atoms with Crippen molar-refractivity contribution in [3.05, 3.63) is 70.0 Å². The van der Waals surface area contributed by atoms with E-state index >= 15 is 0 Å². The highest BCUT2D eigenvalue weighted by Crippen LogP contribution is 2.29. The summed E-state index contributed by atoms with van der Waals surface area (Å²) < 4.78 is 16.5. The number of benzene rings is 2. The van der Waals surface area contributed by atoms with Gasteiger partial charge in [0, 0.05) is 11.8 Å². The summed E-state index contributed by atoms with van der Waals surface area (Å²) >= 11 is 0. The summed E-state index contributed by atoms with van der Waals surface area (Å²) in [5, 5.41) is 0.819. The molecule has 0 spiro atoms. The van der Waals surface area contributed by atoms with Crippen LogP contribution in [-0.2, 0) is 17.8 Å². The van der Waals surface area contributed by atoms with Gasteiger partial charge in [-0.3, -0.25) is 4.79 Å². The number of pyridine rings is 1. The molecule has 0 bridgehead atoms. The summed E-state index contributed by atoms with van der Waals surface area (Å²) in [6.45, 7) is 0.951. The van der Waals surface area contributed by atoms with Crippen LogP contribution in [0.25, 0.3) is 10.9 Å². The quantitative estimate of drug-likeness (QED) is 0.671. The molecule has 0 fully saturated rings. The molecule has 3 rings (SSSR count). The molecule has 0 aliphatic carbocycles. The van der Waals surface area contributed by atoms with Crippen molar-refractivity contribution in [1.82, 2.24) is 4.98 Å². The van der Waals surface area contributed by atoms with E-state index in [9.17, 15) is 4.79 Å². The van der Waals surface area contributed by atoms with E-state index in [1.165, 1.54) is 0 Å². The van der Waals surface area contributed by atoms with Crippen molar-refractivity contribution in [3.8, 4) is 11.5 Å². The van der Waals surface area contributed by atoms with Crippen molar-refractivity contribution in [3.63, 3.8) is 0 Å². The van der Waals surface area contributed by atoms with Crippen LogP contribution in [0.1, 0.15) is 11.1 Å². The molecule has 1 heterocycles. The molecular formula is C20H21NO4. The number of H-pyrrole nitrogens is 1. The zero-order valence-electron chi connectivity index (χ0n) is 14.4. The van der Waals surface area contributed by atoms with Crippen molar-refractivity contribution < 1.29 is 14.2 Å². The van der Waals surface area contributed by atoms with E-state index in [0.29, 0.717) is 36.7 Å². The molecule has 1 N–H and O–H groups in total. The second-order valence-corrected chi connectivity index (χ2v) is 5.67. The van der Waals surface area contributed by atoms with E-state index in [1.54, 1.807) is 20.3 Å². The number of nitrogens with one attached hydrogen (secondary N) is 1. The topological polar surface area (TPSA) is 60.6 Å². The van der Waals surface area contributed by atoms with Crippen LogP contribution in [0.5, 0.6) is 11.5 Å². The van der Waals surface area contributed by atoms with Crippen LogP contribution in [0.15, 0.2) is 53.3 Å². The lowest BCUT2D eigenvalue weighted by molar-refractivity contribution is 0.123. The molecule has 130 valence electrons. The zero-order valence-corrected chi connectivity index (χ0v) is 14.4. The zero-order chi connectivity index (χ0) is 17.6. The average Bonchev–Trinajstić information content (AvgIpc) is 2.65. The van der Waals surface area contributed by atoms with Gasteiger partial charge >= 0.3 is 0 Å². The monoisotopic (exact) mass is 339 g/mol. The molecule has 3 aromatic rings. The first-order valence-electron chi connectivity index (χ1n) is 8.11. The van der Waals surface area contributed by atoms with Gasteiger partial charge in [-0.05, 0) is 23.8 Å². The molecule has 0 saturated carbocycles. The van der Waals surface area contributed by atoms with Crippen molar-refractivity contribution in [2.24, 2.45) is 0 Å².